The summed E-state index contributed by atoms with van der Waals surface area (Å²) in [5.74, 6) is 2.27. The van der Waals surface area contributed by atoms with Gasteiger partial charge in [0.15, 0.2) is 0 Å². The molecule has 6 aromatic rings. The predicted octanol–water partition coefficient (Wildman–Crippen LogP) is 17.4. The third-order valence-electron chi connectivity index (χ3n) is 24.4. The molecule has 0 radical (unpaired) electrons. The van der Waals surface area contributed by atoms with E-state index in [1.54, 1.807) is 0 Å². The molecule has 4 aliphatic heterocycles. The van der Waals surface area contributed by atoms with Crippen LogP contribution in [0, 0.1) is 51.4 Å². The van der Waals surface area contributed by atoms with Crippen molar-refractivity contribution >= 4 is 58.2 Å². The highest BCUT2D eigenvalue weighted by Gasteiger charge is 2.50. The average molecular weight is 1500 g/mol. The number of halogens is 8. The van der Waals surface area contributed by atoms with E-state index >= 15 is 0 Å². The molecule has 4 amide bonds. The number of alkyl halides is 6. The first-order valence-corrected chi connectivity index (χ1v) is 39.8. The zero-order chi connectivity index (χ0) is 74.6. The van der Waals surface area contributed by atoms with E-state index in [1.807, 2.05) is 34.1 Å². The van der Waals surface area contributed by atoms with E-state index in [2.05, 4.69) is 118 Å². The van der Waals surface area contributed by atoms with Crippen LogP contribution in [0.25, 0.3) is 0 Å². The summed E-state index contributed by atoms with van der Waals surface area (Å²) in [5.41, 5.74) is 10.4. The summed E-state index contributed by atoms with van der Waals surface area (Å²) in [6.45, 7) is 22.0. The van der Waals surface area contributed by atoms with Gasteiger partial charge < -0.3 is 29.4 Å². The standard InChI is InChI=1S/2C22H25ClN2O.2C21H27F3N2O/c2*1-15-3-6-17(7-4-15)19-14-20(19)22(26)25-11-9-24(10-12-25)21-13-18(23)8-5-16(21)2;2*22-21(23,24)16-8-6-15(7-9-16)18-14-19(18)20(27)26-12-10-25(11-13-26)17-4-2-1-3-5-17/h2*3-8,13,19-20H,9-12,14H2,1-2H3;2*6-9,17-19H,1-5,10-14H2/t2*19-,20-;2*18?,19-/m1000/s1. The Balaban J connectivity index is 0.000000125. The molecule has 0 N–H and O–H groups in total. The number of carbonyl (C=O) groups is 4. The van der Waals surface area contributed by atoms with Crippen LogP contribution in [0.4, 0.5) is 37.7 Å². The van der Waals surface area contributed by atoms with Crippen LogP contribution in [-0.4, -0.2) is 170 Å². The highest BCUT2D eigenvalue weighted by Crippen LogP contribution is 2.52. The summed E-state index contributed by atoms with van der Waals surface area (Å²) < 4.78 is 76.1. The average Bonchev–Trinajstić information content (AvgIpc) is 1.64. The fourth-order valence-corrected chi connectivity index (χ4v) is 17.8. The van der Waals surface area contributed by atoms with Gasteiger partial charge >= 0.3 is 12.4 Å². The summed E-state index contributed by atoms with van der Waals surface area (Å²) in [7, 11) is 0. The van der Waals surface area contributed by atoms with Crippen LogP contribution in [0.3, 0.4) is 0 Å². The van der Waals surface area contributed by atoms with Gasteiger partial charge in [0.25, 0.3) is 0 Å². The quantitative estimate of drug-likeness (QED) is 0.112. The highest BCUT2D eigenvalue weighted by molar-refractivity contribution is 6.31. The SMILES string of the molecule is Cc1ccc([C@@H]2C[C@@H]2C(=O)N2CCN(c3cc(Cl)ccc3C)CC2)cc1.Cc1ccc([C@H]2C[C@H]2C(=O)N2CCN(c3cc(Cl)ccc3C)CC2)cc1.O=C([C@H]1CC1c1ccc(C(F)(F)F)cc1)N1CCN(C2CCCCC2)CC1.O=C([C@H]1CC1c1ccc(C(F)(F)F)cc1)N1CCN(C2CCCCC2)CC1. The summed E-state index contributed by atoms with van der Waals surface area (Å²) >= 11 is 12.3. The van der Waals surface area contributed by atoms with Crippen LogP contribution in [-0.2, 0) is 31.5 Å². The Hall–Kier alpha value is -7.12. The van der Waals surface area contributed by atoms with Crippen molar-refractivity contribution in [1.29, 1.82) is 0 Å². The summed E-state index contributed by atoms with van der Waals surface area (Å²) in [6.07, 6.45) is 8.00. The Kier molecular flexibility index (Phi) is 24.6. The first-order valence-electron chi connectivity index (χ1n) is 39.0. The number of rotatable bonds is 12. The molecule has 0 bridgehead atoms. The van der Waals surface area contributed by atoms with Gasteiger partial charge in [-0.3, -0.25) is 29.0 Å². The molecular weight excluding hydrogens is 1390 g/mol. The molecule has 20 heteroatoms. The molecule has 0 spiro atoms. The molecule has 568 valence electrons. The number of piperazine rings is 4. The lowest BCUT2D eigenvalue weighted by Gasteiger charge is -2.40. The number of anilines is 2. The smallest absolute Gasteiger partial charge is 0.368 e. The van der Waals surface area contributed by atoms with Crippen molar-refractivity contribution in [2.45, 2.75) is 166 Å². The van der Waals surface area contributed by atoms with Gasteiger partial charge in [0.05, 0.1) is 11.1 Å². The highest BCUT2D eigenvalue weighted by atomic mass is 35.5. The third kappa shape index (κ3) is 19.3. The van der Waals surface area contributed by atoms with E-state index in [4.69, 9.17) is 23.2 Å². The van der Waals surface area contributed by atoms with Crippen LogP contribution in [0.15, 0.2) is 133 Å². The van der Waals surface area contributed by atoms with Gasteiger partial charge in [-0.25, -0.2) is 0 Å². The lowest BCUT2D eigenvalue weighted by molar-refractivity contribution is -0.138. The lowest BCUT2D eigenvalue weighted by Crippen LogP contribution is -2.52. The Morgan fingerprint density at radius 2 is 0.585 bits per heavy atom. The fraction of sp³-hybridized carbons (Fsp3) is 0.535. The largest absolute Gasteiger partial charge is 0.416 e. The van der Waals surface area contributed by atoms with Gasteiger partial charge in [0.2, 0.25) is 23.6 Å². The van der Waals surface area contributed by atoms with E-state index in [-0.39, 0.29) is 47.3 Å². The normalized spacial score (nSPS) is 25.1. The van der Waals surface area contributed by atoms with Gasteiger partial charge in [-0.15, -0.1) is 0 Å². The monoisotopic (exact) mass is 1500 g/mol. The van der Waals surface area contributed by atoms with Crippen LogP contribution < -0.4 is 9.80 Å². The molecular formula is C86H104Cl2F6N8O4. The molecule has 6 aliphatic carbocycles. The van der Waals surface area contributed by atoms with Gasteiger partial charge in [0.1, 0.15) is 0 Å². The number of amides is 4. The maximum atomic E-state index is 12.9. The van der Waals surface area contributed by atoms with E-state index in [0.29, 0.717) is 35.7 Å². The van der Waals surface area contributed by atoms with Crippen molar-refractivity contribution in [3.05, 3.63) is 199 Å². The minimum atomic E-state index is -4.31. The van der Waals surface area contributed by atoms with Gasteiger partial charge in [-0.1, -0.05) is 158 Å². The first kappa shape index (κ1) is 77.1. The Morgan fingerprint density at radius 3 is 0.849 bits per heavy atom. The molecule has 12 nitrogen and oxygen atoms in total. The molecule has 10 fully saturated rings. The molecule has 0 aromatic heterocycles. The second-order valence-electron chi connectivity index (χ2n) is 31.6. The fourth-order valence-electron chi connectivity index (χ4n) is 17.4. The zero-order valence-electron chi connectivity index (χ0n) is 61.9. The number of aryl methyl sites for hydroxylation is 4. The summed E-state index contributed by atoms with van der Waals surface area (Å²) in [6, 6.07) is 41.3. The van der Waals surface area contributed by atoms with Gasteiger partial charge in [-0.05, 0) is 185 Å². The molecule has 4 heterocycles. The molecule has 16 rings (SSSR count). The molecule has 6 saturated carbocycles. The van der Waals surface area contributed by atoms with Crippen molar-refractivity contribution in [2.24, 2.45) is 23.7 Å². The first-order chi connectivity index (χ1) is 50.9. The maximum Gasteiger partial charge on any atom is 0.416 e. The van der Waals surface area contributed by atoms with Crippen LogP contribution in [0.5, 0.6) is 0 Å². The number of nitrogens with zero attached hydrogens (tertiary/aromatic N) is 8. The summed E-state index contributed by atoms with van der Waals surface area (Å²) in [4.78, 5) is 69.1. The minimum Gasteiger partial charge on any atom is -0.368 e. The van der Waals surface area contributed by atoms with Gasteiger partial charge in [0, 0.05) is 162 Å². The molecule has 106 heavy (non-hydrogen) atoms. The topological polar surface area (TPSA) is 94.2 Å². The molecule has 10 aliphatic rings. The maximum absolute atomic E-state index is 12.9. The summed E-state index contributed by atoms with van der Waals surface area (Å²) in [5, 5.41) is 1.53. The lowest BCUT2D eigenvalue weighted by atomic mass is 9.94. The predicted molar refractivity (Wildman–Crippen MR) is 409 cm³/mol. The molecule has 4 saturated heterocycles. The van der Waals surface area contributed by atoms with Crippen molar-refractivity contribution in [1.82, 2.24) is 29.4 Å². The zero-order valence-corrected chi connectivity index (χ0v) is 63.4. The van der Waals surface area contributed by atoms with E-state index in [1.165, 1.54) is 133 Å². The number of hydrogen-bond acceptors (Lipinski definition) is 8. The van der Waals surface area contributed by atoms with Gasteiger partial charge in [-0.2, -0.15) is 26.3 Å². The molecule has 2 unspecified atom stereocenters. The Bertz CT molecular complexity index is 3710. The Labute approximate surface area is 632 Å². The second-order valence-corrected chi connectivity index (χ2v) is 32.5. The third-order valence-corrected chi connectivity index (χ3v) is 24.9. The number of carbonyl (C=O) groups excluding carboxylic acids is 4. The van der Waals surface area contributed by atoms with E-state index in [9.17, 15) is 45.5 Å². The van der Waals surface area contributed by atoms with Crippen LogP contribution in [0.1, 0.15) is 169 Å². The minimum absolute atomic E-state index is 0.0528. The second kappa shape index (κ2) is 33.8. The van der Waals surface area contributed by atoms with Crippen molar-refractivity contribution in [3.8, 4) is 0 Å². The van der Waals surface area contributed by atoms with Crippen LogP contribution >= 0.6 is 23.2 Å². The van der Waals surface area contributed by atoms with Crippen molar-refractivity contribution < 1.29 is 45.5 Å². The number of benzene rings is 6. The van der Waals surface area contributed by atoms with Crippen molar-refractivity contribution in [2.75, 3.05) is 115 Å². The number of hydrogen-bond donors (Lipinski definition) is 0. The van der Waals surface area contributed by atoms with Crippen LogP contribution in [0.2, 0.25) is 10.0 Å². The van der Waals surface area contributed by atoms with E-state index in [0.717, 1.165) is 176 Å². The van der Waals surface area contributed by atoms with Crippen molar-refractivity contribution in [3.63, 3.8) is 0 Å². The Morgan fingerprint density at radius 1 is 0.330 bits per heavy atom. The molecule has 6 aromatic carbocycles. The molecule has 8 atom stereocenters. The van der Waals surface area contributed by atoms with E-state index < -0.39 is 23.5 Å².